The minimum atomic E-state index is 0. The summed E-state index contributed by atoms with van der Waals surface area (Å²) in [6.45, 7) is 6.58. The molecule has 134 valence electrons. The van der Waals surface area contributed by atoms with Gasteiger partial charge in [-0.25, -0.2) is 0 Å². The Morgan fingerprint density at radius 1 is 1.26 bits per heavy atom. The standard InChI is InChI=1S/C15H26BrN3O2S.HI/c1-3-17-15(18-8-4-10-21-12-11-20-2)19-9-7-13-5-6-14(16)22-13;/h5-6H,3-4,7-12H2,1-2H3,(H2,17,18,19);1H. The van der Waals surface area contributed by atoms with Crippen LogP contribution in [0.4, 0.5) is 0 Å². The van der Waals surface area contributed by atoms with Gasteiger partial charge in [0.15, 0.2) is 5.96 Å². The average molecular weight is 520 g/mol. The third-order valence-electron chi connectivity index (χ3n) is 2.79. The van der Waals surface area contributed by atoms with Crippen molar-refractivity contribution < 1.29 is 9.47 Å². The molecule has 2 N–H and O–H groups in total. The zero-order valence-electron chi connectivity index (χ0n) is 13.8. The highest BCUT2D eigenvalue weighted by Gasteiger charge is 2.00. The number of methoxy groups -OCH3 is 1. The first-order valence-corrected chi connectivity index (χ1v) is 9.20. The Kier molecular flexibility index (Phi) is 15.7. The fraction of sp³-hybridized carbons (Fsp3) is 0.667. The first kappa shape index (κ1) is 23.1. The van der Waals surface area contributed by atoms with Crippen LogP contribution < -0.4 is 10.6 Å². The number of nitrogens with one attached hydrogen (secondary N) is 2. The Bertz CT molecular complexity index is 433. The number of ether oxygens (including phenoxy) is 2. The molecule has 0 spiro atoms. The van der Waals surface area contributed by atoms with E-state index in [1.54, 1.807) is 18.4 Å². The second kappa shape index (κ2) is 15.6. The Hall–Kier alpha value is 0.1000. The van der Waals surface area contributed by atoms with Crippen molar-refractivity contribution >= 4 is 57.2 Å². The largest absolute Gasteiger partial charge is 0.382 e. The summed E-state index contributed by atoms with van der Waals surface area (Å²) in [5.74, 6) is 0.870. The molecule has 0 aliphatic heterocycles. The number of hydrogen-bond donors (Lipinski definition) is 2. The SMILES string of the molecule is CCNC(=NCCCOCCOC)NCCc1ccc(Br)s1.I. The normalized spacial score (nSPS) is 11.2. The van der Waals surface area contributed by atoms with Crippen LogP contribution in [0.5, 0.6) is 0 Å². The molecule has 0 atom stereocenters. The number of hydrogen-bond acceptors (Lipinski definition) is 4. The molecule has 8 heteroatoms. The van der Waals surface area contributed by atoms with E-state index in [0.29, 0.717) is 13.2 Å². The molecule has 1 heterocycles. The molecule has 0 amide bonds. The monoisotopic (exact) mass is 519 g/mol. The van der Waals surface area contributed by atoms with E-state index in [0.717, 1.165) is 45.0 Å². The zero-order valence-corrected chi connectivity index (χ0v) is 18.5. The predicted molar refractivity (Wildman–Crippen MR) is 112 cm³/mol. The van der Waals surface area contributed by atoms with Gasteiger partial charge >= 0.3 is 0 Å². The van der Waals surface area contributed by atoms with Crippen molar-refractivity contribution in [2.75, 3.05) is 46.6 Å². The van der Waals surface area contributed by atoms with Crippen LogP contribution in [0.25, 0.3) is 0 Å². The zero-order chi connectivity index (χ0) is 16.0. The van der Waals surface area contributed by atoms with E-state index in [-0.39, 0.29) is 24.0 Å². The van der Waals surface area contributed by atoms with Crippen LogP contribution in [-0.2, 0) is 15.9 Å². The van der Waals surface area contributed by atoms with Gasteiger partial charge in [-0.1, -0.05) is 0 Å². The van der Waals surface area contributed by atoms with Crippen molar-refractivity contribution in [2.45, 2.75) is 19.8 Å². The maximum atomic E-state index is 5.42. The third-order valence-corrected chi connectivity index (χ3v) is 4.47. The predicted octanol–water partition coefficient (Wildman–Crippen LogP) is 3.28. The summed E-state index contributed by atoms with van der Waals surface area (Å²) in [6, 6.07) is 4.24. The molecule has 0 saturated carbocycles. The molecule has 0 aliphatic carbocycles. The van der Waals surface area contributed by atoms with E-state index in [1.165, 1.54) is 8.66 Å². The van der Waals surface area contributed by atoms with Crippen molar-refractivity contribution in [3.63, 3.8) is 0 Å². The van der Waals surface area contributed by atoms with Crippen molar-refractivity contribution in [3.8, 4) is 0 Å². The lowest BCUT2D eigenvalue weighted by atomic mass is 10.3. The van der Waals surface area contributed by atoms with Crippen LogP contribution in [0, 0.1) is 0 Å². The number of nitrogens with zero attached hydrogens (tertiary/aromatic N) is 1. The van der Waals surface area contributed by atoms with Gasteiger partial charge in [-0.2, -0.15) is 0 Å². The quantitative estimate of drug-likeness (QED) is 0.204. The molecule has 1 rings (SSSR count). The van der Waals surface area contributed by atoms with Crippen LogP contribution in [0.1, 0.15) is 18.2 Å². The van der Waals surface area contributed by atoms with Gasteiger partial charge in [-0.3, -0.25) is 4.99 Å². The van der Waals surface area contributed by atoms with Gasteiger partial charge in [0, 0.05) is 38.2 Å². The van der Waals surface area contributed by atoms with E-state index in [4.69, 9.17) is 9.47 Å². The first-order valence-electron chi connectivity index (χ1n) is 7.59. The number of thiophene rings is 1. The second-order valence-electron chi connectivity index (χ2n) is 4.60. The smallest absolute Gasteiger partial charge is 0.191 e. The lowest BCUT2D eigenvalue weighted by Gasteiger charge is -2.10. The third kappa shape index (κ3) is 12.2. The molecule has 0 radical (unpaired) electrons. The van der Waals surface area contributed by atoms with Gasteiger partial charge in [0.1, 0.15) is 0 Å². The molecule has 1 aromatic heterocycles. The first-order chi connectivity index (χ1) is 10.8. The van der Waals surface area contributed by atoms with Crippen LogP contribution in [0.2, 0.25) is 0 Å². The van der Waals surface area contributed by atoms with Gasteiger partial charge in [-0.15, -0.1) is 35.3 Å². The van der Waals surface area contributed by atoms with E-state index in [2.05, 4.69) is 50.6 Å². The fourth-order valence-corrected chi connectivity index (χ4v) is 3.22. The van der Waals surface area contributed by atoms with Crippen LogP contribution >= 0.6 is 51.2 Å². The Labute approximate surface area is 168 Å². The number of guanidine groups is 1. The molecule has 0 saturated heterocycles. The Balaban J connectivity index is 0.00000484. The Morgan fingerprint density at radius 2 is 2.09 bits per heavy atom. The van der Waals surface area contributed by atoms with Gasteiger partial charge < -0.3 is 20.1 Å². The highest BCUT2D eigenvalue weighted by molar-refractivity contribution is 14.0. The molecule has 0 bridgehead atoms. The lowest BCUT2D eigenvalue weighted by molar-refractivity contribution is 0.0702. The molecule has 0 unspecified atom stereocenters. The summed E-state index contributed by atoms with van der Waals surface area (Å²) in [4.78, 5) is 5.91. The molecule has 0 aromatic carbocycles. The highest BCUT2D eigenvalue weighted by Crippen LogP contribution is 2.21. The summed E-state index contributed by atoms with van der Waals surface area (Å²) in [7, 11) is 1.68. The van der Waals surface area contributed by atoms with Crippen molar-refractivity contribution in [1.29, 1.82) is 0 Å². The van der Waals surface area contributed by atoms with Gasteiger partial charge in [0.05, 0.1) is 17.0 Å². The second-order valence-corrected chi connectivity index (χ2v) is 7.15. The molecule has 5 nitrogen and oxygen atoms in total. The average Bonchev–Trinajstić information content (AvgIpc) is 2.92. The minimum absolute atomic E-state index is 0. The minimum Gasteiger partial charge on any atom is -0.382 e. The summed E-state index contributed by atoms with van der Waals surface area (Å²) in [6.07, 6.45) is 1.92. The lowest BCUT2D eigenvalue weighted by Crippen LogP contribution is -2.38. The number of halogens is 2. The summed E-state index contributed by atoms with van der Waals surface area (Å²) >= 11 is 5.26. The number of rotatable bonds is 11. The molecular formula is C15H27BrIN3O2S. The topological polar surface area (TPSA) is 54.9 Å². The fourth-order valence-electron chi connectivity index (χ4n) is 1.73. The summed E-state index contributed by atoms with van der Waals surface area (Å²) in [5, 5.41) is 6.62. The van der Waals surface area contributed by atoms with E-state index in [1.807, 2.05) is 0 Å². The van der Waals surface area contributed by atoms with Crippen LogP contribution in [0.3, 0.4) is 0 Å². The molecule has 1 aromatic rings. The highest BCUT2D eigenvalue weighted by atomic mass is 127. The van der Waals surface area contributed by atoms with E-state index >= 15 is 0 Å². The van der Waals surface area contributed by atoms with E-state index in [9.17, 15) is 0 Å². The summed E-state index contributed by atoms with van der Waals surface area (Å²) < 4.78 is 11.5. The molecule has 0 aliphatic rings. The van der Waals surface area contributed by atoms with E-state index < -0.39 is 0 Å². The van der Waals surface area contributed by atoms with Gasteiger partial charge in [0.25, 0.3) is 0 Å². The van der Waals surface area contributed by atoms with Crippen molar-refractivity contribution in [1.82, 2.24) is 10.6 Å². The van der Waals surface area contributed by atoms with Crippen LogP contribution in [0.15, 0.2) is 20.9 Å². The maximum absolute atomic E-state index is 5.42. The maximum Gasteiger partial charge on any atom is 0.191 e. The van der Waals surface area contributed by atoms with Crippen molar-refractivity contribution in [3.05, 3.63) is 20.8 Å². The molecule has 23 heavy (non-hydrogen) atoms. The Morgan fingerprint density at radius 3 is 2.74 bits per heavy atom. The van der Waals surface area contributed by atoms with Gasteiger partial charge in [-0.05, 0) is 47.8 Å². The summed E-state index contributed by atoms with van der Waals surface area (Å²) in [5.41, 5.74) is 0. The number of aliphatic imine (C=N–C) groups is 1. The molecule has 0 fully saturated rings. The molecular weight excluding hydrogens is 493 g/mol. The van der Waals surface area contributed by atoms with Gasteiger partial charge in [0.2, 0.25) is 0 Å². The van der Waals surface area contributed by atoms with Crippen LogP contribution in [-0.4, -0.2) is 52.5 Å². The van der Waals surface area contributed by atoms with Crippen molar-refractivity contribution in [2.24, 2.45) is 4.99 Å².